The second kappa shape index (κ2) is 6.43. The van der Waals surface area contributed by atoms with Crippen LogP contribution < -0.4 is 16.4 Å². The Morgan fingerprint density at radius 1 is 1.55 bits per heavy atom. The number of ether oxygens (including phenoxy) is 1. The summed E-state index contributed by atoms with van der Waals surface area (Å²) >= 11 is 6.11. The summed E-state index contributed by atoms with van der Waals surface area (Å²) in [7, 11) is 1.73. The lowest BCUT2D eigenvalue weighted by Crippen LogP contribution is -2.48. The molecule has 110 valence electrons. The number of amides is 1. The first-order valence-electron chi connectivity index (χ1n) is 6.65. The molecule has 1 aromatic rings. The molecule has 20 heavy (non-hydrogen) atoms. The Hall–Kier alpha value is -1.30. The van der Waals surface area contributed by atoms with Gasteiger partial charge in [-0.1, -0.05) is 11.6 Å². The summed E-state index contributed by atoms with van der Waals surface area (Å²) in [6.07, 6.45) is 2.09. The van der Waals surface area contributed by atoms with Gasteiger partial charge in [-0.25, -0.2) is 0 Å². The maximum Gasteiger partial charge on any atom is 0.250 e. The van der Waals surface area contributed by atoms with Crippen LogP contribution in [-0.4, -0.2) is 38.3 Å². The smallest absolute Gasteiger partial charge is 0.250 e. The standard InChI is InChI=1S/C14H20ClN3O2/c1-20-11-4-5-18(10(6-11)8-16)9-2-3-12(14(17)19)13(15)7-9/h2-3,7,10-11H,4-6,8,16H2,1H3,(H2,17,19). The maximum absolute atomic E-state index is 11.2. The van der Waals surface area contributed by atoms with E-state index in [1.807, 2.05) is 6.07 Å². The molecule has 0 radical (unpaired) electrons. The summed E-state index contributed by atoms with van der Waals surface area (Å²) in [5.74, 6) is -0.519. The number of hydrogen-bond acceptors (Lipinski definition) is 4. The van der Waals surface area contributed by atoms with Crippen molar-refractivity contribution in [2.24, 2.45) is 11.5 Å². The molecule has 1 aromatic carbocycles. The number of benzene rings is 1. The first-order valence-corrected chi connectivity index (χ1v) is 7.03. The van der Waals surface area contributed by atoms with E-state index in [1.165, 1.54) is 0 Å². The van der Waals surface area contributed by atoms with E-state index in [0.717, 1.165) is 25.1 Å². The monoisotopic (exact) mass is 297 g/mol. The highest BCUT2D eigenvalue weighted by atomic mass is 35.5. The molecule has 2 rings (SSSR count). The lowest BCUT2D eigenvalue weighted by atomic mass is 9.98. The predicted molar refractivity (Wildman–Crippen MR) is 80.2 cm³/mol. The highest BCUT2D eigenvalue weighted by Gasteiger charge is 2.28. The molecule has 1 aliphatic heterocycles. The Morgan fingerprint density at radius 2 is 2.30 bits per heavy atom. The summed E-state index contributed by atoms with van der Waals surface area (Å²) in [6.45, 7) is 1.40. The van der Waals surface area contributed by atoms with Crippen LogP contribution in [0.5, 0.6) is 0 Å². The maximum atomic E-state index is 11.2. The highest BCUT2D eigenvalue weighted by Crippen LogP contribution is 2.29. The minimum absolute atomic E-state index is 0.212. The number of primary amides is 1. The van der Waals surface area contributed by atoms with Crippen molar-refractivity contribution in [3.8, 4) is 0 Å². The number of nitrogens with two attached hydrogens (primary N) is 2. The van der Waals surface area contributed by atoms with Gasteiger partial charge in [0.05, 0.1) is 16.7 Å². The van der Waals surface area contributed by atoms with E-state index >= 15 is 0 Å². The van der Waals surface area contributed by atoms with Crippen LogP contribution in [0.3, 0.4) is 0 Å². The number of rotatable bonds is 4. The normalized spacial score (nSPS) is 22.9. The van der Waals surface area contributed by atoms with E-state index in [4.69, 9.17) is 27.8 Å². The highest BCUT2D eigenvalue weighted by molar-refractivity contribution is 6.34. The van der Waals surface area contributed by atoms with Gasteiger partial charge in [-0.3, -0.25) is 4.79 Å². The van der Waals surface area contributed by atoms with Crippen molar-refractivity contribution in [3.63, 3.8) is 0 Å². The van der Waals surface area contributed by atoms with Crippen molar-refractivity contribution in [2.75, 3.05) is 25.1 Å². The lowest BCUT2D eigenvalue weighted by Gasteiger charge is -2.40. The lowest BCUT2D eigenvalue weighted by molar-refractivity contribution is 0.0709. The third-order valence-corrected chi connectivity index (χ3v) is 4.14. The Balaban J connectivity index is 2.22. The molecular weight excluding hydrogens is 278 g/mol. The van der Waals surface area contributed by atoms with Crippen molar-refractivity contribution in [2.45, 2.75) is 25.0 Å². The van der Waals surface area contributed by atoms with E-state index in [9.17, 15) is 4.79 Å². The zero-order chi connectivity index (χ0) is 14.7. The van der Waals surface area contributed by atoms with E-state index in [1.54, 1.807) is 19.2 Å². The van der Waals surface area contributed by atoms with Crippen LogP contribution in [0.2, 0.25) is 5.02 Å². The third-order valence-electron chi connectivity index (χ3n) is 3.82. The second-order valence-electron chi connectivity index (χ2n) is 4.99. The van der Waals surface area contributed by atoms with Gasteiger partial charge < -0.3 is 21.1 Å². The van der Waals surface area contributed by atoms with Crippen LogP contribution in [0.4, 0.5) is 5.69 Å². The van der Waals surface area contributed by atoms with E-state index in [0.29, 0.717) is 17.1 Å². The number of carbonyl (C=O) groups is 1. The third kappa shape index (κ3) is 3.06. The summed E-state index contributed by atoms with van der Waals surface area (Å²) in [4.78, 5) is 13.4. The summed E-state index contributed by atoms with van der Waals surface area (Å²) in [5, 5.41) is 0.375. The predicted octanol–water partition coefficient (Wildman–Crippen LogP) is 1.38. The number of halogens is 1. The van der Waals surface area contributed by atoms with Gasteiger partial charge in [0.2, 0.25) is 5.91 Å². The van der Waals surface area contributed by atoms with Gasteiger partial charge in [-0.2, -0.15) is 0 Å². The Labute approximate surface area is 123 Å². The number of methoxy groups -OCH3 is 1. The van der Waals surface area contributed by atoms with Crippen molar-refractivity contribution >= 4 is 23.2 Å². The Morgan fingerprint density at radius 3 is 2.85 bits per heavy atom. The topological polar surface area (TPSA) is 81.6 Å². The molecule has 1 heterocycles. The molecule has 2 atom stereocenters. The summed E-state index contributed by atoms with van der Waals surface area (Å²) in [6, 6.07) is 5.51. The number of piperidine rings is 1. The zero-order valence-corrected chi connectivity index (χ0v) is 12.3. The van der Waals surface area contributed by atoms with Crippen LogP contribution in [-0.2, 0) is 4.74 Å². The number of hydrogen-bond donors (Lipinski definition) is 2. The summed E-state index contributed by atoms with van der Waals surface area (Å²) in [5.41, 5.74) is 12.4. The first kappa shape index (κ1) is 15.1. The molecular formula is C14H20ClN3O2. The SMILES string of the molecule is COC1CCN(c2ccc(C(N)=O)c(Cl)c2)C(CN)C1. The number of carbonyl (C=O) groups excluding carboxylic acids is 1. The molecule has 0 aliphatic carbocycles. The fourth-order valence-electron chi connectivity index (χ4n) is 2.67. The van der Waals surface area contributed by atoms with Crippen LogP contribution in [0.25, 0.3) is 0 Å². The number of nitrogens with zero attached hydrogens (tertiary/aromatic N) is 1. The molecule has 4 N–H and O–H groups in total. The fraction of sp³-hybridized carbons (Fsp3) is 0.500. The molecule has 2 unspecified atom stereocenters. The van der Waals surface area contributed by atoms with Gasteiger partial charge in [0.15, 0.2) is 0 Å². The average Bonchev–Trinajstić information content (AvgIpc) is 2.46. The van der Waals surface area contributed by atoms with Crippen LogP contribution >= 0.6 is 11.6 Å². The van der Waals surface area contributed by atoms with Crippen LogP contribution in [0.15, 0.2) is 18.2 Å². The van der Waals surface area contributed by atoms with Gasteiger partial charge in [0, 0.05) is 31.9 Å². The molecule has 5 nitrogen and oxygen atoms in total. The van der Waals surface area contributed by atoms with Crippen molar-refractivity contribution in [1.29, 1.82) is 0 Å². The molecule has 0 spiro atoms. The molecule has 1 saturated heterocycles. The minimum atomic E-state index is -0.519. The zero-order valence-electron chi connectivity index (χ0n) is 11.5. The largest absolute Gasteiger partial charge is 0.381 e. The van der Waals surface area contributed by atoms with Crippen molar-refractivity contribution in [3.05, 3.63) is 28.8 Å². The van der Waals surface area contributed by atoms with Gasteiger partial charge in [-0.05, 0) is 31.0 Å². The van der Waals surface area contributed by atoms with Gasteiger partial charge in [0.25, 0.3) is 0 Å². The van der Waals surface area contributed by atoms with E-state index < -0.39 is 5.91 Å². The number of anilines is 1. The molecule has 1 amide bonds. The molecule has 6 heteroatoms. The van der Waals surface area contributed by atoms with Gasteiger partial charge in [-0.15, -0.1) is 0 Å². The minimum Gasteiger partial charge on any atom is -0.381 e. The quantitative estimate of drug-likeness (QED) is 0.880. The molecule has 0 aromatic heterocycles. The van der Waals surface area contributed by atoms with E-state index in [2.05, 4.69) is 4.90 Å². The molecule has 0 saturated carbocycles. The second-order valence-corrected chi connectivity index (χ2v) is 5.40. The average molecular weight is 298 g/mol. The summed E-state index contributed by atoms with van der Waals surface area (Å²) < 4.78 is 5.41. The van der Waals surface area contributed by atoms with Gasteiger partial charge in [0.1, 0.15) is 0 Å². The first-order chi connectivity index (χ1) is 9.56. The fourth-order valence-corrected chi connectivity index (χ4v) is 2.94. The van der Waals surface area contributed by atoms with Crippen LogP contribution in [0.1, 0.15) is 23.2 Å². The molecule has 1 fully saturated rings. The van der Waals surface area contributed by atoms with Crippen molar-refractivity contribution < 1.29 is 9.53 Å². The molecule has 1 aliphatic rings. The Kier molecular flexibility index (Phi) is 4.86. The Bertz CT molecular complexity index is 495. The van der Waals surface area contributed by atoms with E-state index in [-0.39, 0.29) is 12.1 Å². The van der Waals surface area contributed by atoms with Crippen molar-refractivity contribution in [1.82, 2.24) is 0 Å². The van der Waals surface area contributed by atoms with Gasteiger partial charge >= 0.3 is 0 Å². The molecule has 0 bridgehead atoms. The van der Waals surface area contributed by atoms with Crippen LogP contribution in [0, 0.1) is 0 Å².